The van der Waals surface area contributed by atoms with Crippen molar-refractivity contribution in [2.75, 3.05) is 38.7 Å². The first kappa shape index (κ1) is 13.7. The van der Waals surface area contributed by atoms with Gasteiger partial charge in [-0.2, -0.15) is 0 Å². The van der Waals surface area contributed by atoms with E-state index in [0.717, 1.165) is 43.2 Å². The van der Waals surface area contributed by atoms with E-state index >= 15 is 0 Å². The van der Waals surface area contributed by atoms with Gasteiger partial charge >= 0.3 is 0 Å². The maximum atomic E-state index is 8.72. The molecule has 1 aliphatic heterocycles. The van der Waals surface area contributed by atoms with Crippen LogP contribution in [0, 0.1) is 0 Å². The molecular formula is C11H20N4O2S. The molecule has 0 amide bonds. The number of aliphatic hydroxyl groups is 1. The van der Waals surface area contributed by atoms with Crippen LogP contribution in [0.25, 0.3) is 0 Å². The van der Waals surface area contributed by atoms with Gasteiger partial charge in [0.2, 0.25) is 0 Å². The largest absolute Gasteiger partial charge is 0.394 e. The Morgan fingerprint density at radius 2 is 2.28 bits per heavy atom. The number of rotatable bonds is 6. The van der Waals surface area contributed by atoms with Gasteiger partial charge in [-0.25, -0.2) is 0 Å². The molecule has 2 heterocycles. The van der Waals surface area contributed by atoms with E-state index in [1.807, 2.05) is 7.05 Å². The summed E-state index contributed by atoms with van der Waals surface area (Å²) >= 11 is 1.40. The zero-order valence-electron chi connectivity index (χ0n) is 10.6. The maximum Gasteiger partial charge on any atom is 0.134 e. The zero-order chi connectivity index (χ0) is 12.8. The number of anilines is 1. The fourth-order valence-corrected chi connectivity index (χ4v) is 2.69. The minimum absolute atomic E-state index is 0.107. The van der Waals surface area contributed by atoms with E-state index in [4.69, 9.17) is 9.84 Å². The Balaban J connectivity index is 1.76. The maximum absolute atomic E-state index is 8.72. The van der Waals surface area contributed by atoms with Crippen LogP contribution < -0.4 is 5.32 Å². The summed E-state index contributed by atoms with van der Waals surface area (Å²) < 4.78 is 9.51. The molecule has 0 unspecified atom stereocenters. The van der Waals surface area contributed by atoms with Crippen LogP contribution in [0.15, 0.2) is 0 Å². The van der Waals surface area contributed by atoms with Crippen molar-refractivity contribution < 1.29 is 9.84 Å². The van der Waals surface area contributed by atoms with E-state index in [-0.39, 0.29) is 6.61 Å². The molecule has 1 aromatic rings. The predicted molar refractivity (Wildman–Crippen MR) is 70.8 cm³/mol. The molecule has 0 aromatic carbocycles. The Labute approximate surface area is 111 Å². The van der Waals surface area contributed by atoms with Gasteiger partial charge in [0, 0.05) is 38.2 Å². The third kappa shape index (κ3) is 3.61. The molecule has 0 saturated carbocycles. The molecule has 102 valence electrons. The molecule has 1 aliphatic rings. The number of hydrogen-bond donors (Lipinski definition) is 2. The van der Waals surface area contributed by atoms with Gasteiger partial charge in [-0.15, -0.1) is 5.10 Å². The molecule has 0 radical (unpaired) electrons. The standard InChI is InChI=1S/C11H20N4O2S/c1-12-11-10(13-14-18-11)8-15-4-2-9(3-5-15)17-7-6-16/h9,12,16H,2-8H2,1H3. The molecule has 1 fully saturated rings. The molecule has 0 spiro atoms. The van der Waals surface area contributed by atoms with Crippen LogP contribution >= 0.6 is 11.5 Å². The first-order valence-electron chi connectivity index (χ1n) is 6.27. The smallest absolute Gasteiger partial charge is 0.134 e. The number of aliphatic hydroxyl groups excluding tert-OH is 1. The Morgan fingerprint density at radius 3 is 2.94 bits per heavy atom. The fourth-order valence-electron chi connectivity index (χ4n) is 2.17. The molecule has 0 bridgehead atoms. The number of nitrogens with zero attached hydrogens (tertiary/aromatic N) is 3. The van der Waals surface area contributed by atoms with Crippen molar-refractivity contribution in [1.29, 1.82) is 0 Å². The van der Waals surface area contributed by atoms with Gasteiger partial charge in [-0.1, -0.05) is 4.49 Å². The molecule has 2 rings (SSSR count). The molecule has 1 saturated heterocycles. The second-order valence-electron chi connectivity index (χ2n) is 4.37. The van der Waals surface area contributed by atoms with Crippen LogP contribution in [0.5, 0.6) is 0 Å². The number of aromatic nitrogens is 2. The number of piperidine rings is 1. The first-order valence-corrected chi connectivity index (χ1v) is 7.04. The molecule has 7 heteroatoms. The SMILES string of the molecule is CNc1snnc1CN1CCC(OCCO)CC1. The lowest BCUT2D eigenvalue weighted by Gasteiger charge is -2.31. The van der Waals surface area contributed by atoms with E-state index in [9.17, 15) is 0 Å². The van der Waals surface area contributed by atoms with Crippen LogP contribution in [-0.4, -0.2) is 59.0 Å². The second-order valence-corrected chi connectivity index (χ2v) is 5.12. The van der Waals surface area contributed by atoms with E-state index in [1.54, 1.807) is 0 Å². The minimum atomic E-state index is 0.107. The van der Waals surface area contributed by atoms with Gasteiger partial charge in [-0.05, 0) is 12.8 Å². The van der Waals surface area contributed by atoms with E-state index in [1.165, 1.54) is 11.5 Å². The molecule has 0 aliphatic carbocycles. The van der Waals surface area contributed by atoms with Gasteiger partial charge in [0.15, 0.2) is 0 Å². The monoisotopic (exact) mass is 272 g/mol. The second kappa shape index (κ2) is 6.98. The third-order valence-electron chi connectivity index (χ3n) is 3.14. The van der Waals surface area contributed by atoms with Crippen LogP contribution in [0.1, 0.15) is 18.5 Å². The lowest BCUT2D eigenvalue weighted by molar-refractivity contribution is -0.00916. The topological polar surface area (TPSA) is 70.5 Å². The van der Waals surface area contributed by atoms with Crippen molar-refractivity contribution in [1.82, 2.24) is 14.5 Å². The highest BCUT2D eigenvalue weighted by atomic mass is 32.1. The van der Waals surface area contributed by atoms with Gasteiger partial charge < -0.3 is 15.2 Å². The summed E-state index contributed by atoms with van der Waals surface area (Å²) in [6, 6.07) is 0. The van der Waals surface area contributed by atoms with Crippen LogP contribution in [0.2, 0.25) is 0 Å². The van der Waals surface area contributed by atoms with Gasteiger partial charge in [0.1, 0.15) is 10.7 Å². The van der Waals surface area contributed by atoms with Crippen LogP contribution in [0.3, 0.4) is 0 Å². The first-order chi connectivity index (χ1) is 8.83. The normalized spacial score (nSPS) is 18.1. The van der Waals surface area contributed by atoms with E-state index < -0.39 is 0 Å². The summed E-state index contributed by atoms with van der Waals surface area (Å²) in [6.45, 7) is 3.42. The average Bonchev–Trinajstić information content (AvgIpc) is 2.85. The summed E-state index contributed by atoms with van der Waals surface area (Å²) in [5, 5.41) is 17.0. The highest BCUT2D eigenvalue weighted by Gasteiger charge is 2.21. The predicted octanol–water partition coefficient (Wildman–Crippen LogP) is 0.553. The molecule has 0 atom stereocenters. The van der Waals surface area contributed by atoms with E-state index in [2.05, 4.69) is 19.8 Å². The minimum Gasteiger partial charge on any atom is -0.394 e. The number of nitrogens with one attached hydrogen (secondary N) is 1. The van der Waals surface area contributed by atoms with Crippen molar-refractivity contribution in [3.63, 3.8) is 0 Å². The van der Waals surface area contributed by atoms with Gasteiger partial charge in [0.05, 0.1) is 19.3 Å². The number of hydrogen-bond acceptors (Lipinski definition) is 7. The third-order valence-corrected chi connectivity index (χ3v) is 3.92. The Hall–Kier alpha value is -0.760. The summed E-state index contributed by atoms with van der Waals surface area (Å²) in [7, 11) is 1.90. The van der Waals surface area contributed by atoms with Crippen molar-refractivity contribution in [3.8, 4) is 0 Å². The molecule has 1 aromatic heterocycles. The Kier molecular flexibility index (Phi) is 5.30. The van der Waals surface area contributed by atoms with Crippen molar-refractivity contribution in [2.24, 2.45) is 0 Å². The molecule has 6 nitrogen and oxygen atoms in total. The molecule has 18 heavy (non-hydrogen) atoms. The van der Waals surface area contributed by atoms with Crippen molar-refractivity contribution in [3.05, 3.63) is 5.69 Å². The lowest BCUT2D eigenvalue weighted by Crippen LogP contribution is -2.37. The summed E-state index contributed by atoms with van der Waals surface area (Å²) in [6.07, 6.45) is 2.34. The average molecular weight is 272 g/mol. The fraction of sp³-hybridized carbons (Fsp3) is 0.818. The number of ether oxygens (including phenoxy) is 1. The zero-order valence-corrected chi connectivity index (χ0v) is 11.4. The van der Waals surface area contributed by atoms with E-state index in [0.29, 0.717) is 12.7 Å². The lowest BCUT2D eigenvalue weighted by atomic mass is 10.1. The van der Waals surface area contributed by atoms with Crippen LogP contribution in [0.4, 0.5) is 5.00 Å². The quantitative estimate of drug-likeness (QED) is 0.788. The summed E-state index contributed by atoms with van der Waals surface area (Å²) in [5.74, 6) is 0. The molecular weight excluding hydrogens is 252 g/mol. The Morgan fingerprint density at radius 1 is 1.50 bits per heavy atom. The Bertz CT molecular complexity index is 353. The van der Waals surface area contributed by atoms with Crippen molar-refractivity contribution >= 4 is 16.5 Å². The molecule has 2 N–H and O–H groups in total. The summed E-state index contributed by atoms with van der Waals surface area (Å²) in [5.41, 5.74) is 1.03. The van der Waals surface area contributed by atoms with Crippen molar-refractivity contribution in [2.45, 2.75) is 25.5 Å². The van der Waals surface area contributed by atoms with Gasteiger partial charge in [-0.3, -0.25) is 4.90 Å². The highest BCUT2D eigenvalue weighted by Crippen LogP contribution is 2.21. The summed E-state index contributed by atoms with van der Waals surface area (Å²) in [4.78, 5) is 2.37. The van der Waals surface area contributed by atoms with Gasteiger partial charge in [0.25, 0.3) is 0 Å². The van der Waals surface area contributed by atoms with Crippen LogP contribution in [-0.2, 0) is 11.3 Å². The number of likely N-dealkylation sites (tertiary alicyclic amines) is 1. The highest BCUT2D eigenvalue weighted by molar-refractivity contribution is 7.10.